The fourth-order valence-electron chi connectivity index (χ4n) is 5.50. The zero-order chi connectivity index (χ0) is 30.1. The lowest BCUT2D eigenvalue weighted by atomic mass is 10.1. The second-order valence-electron chi connectivity index (χ2n) is 9.85. The average Bonchev–Trinajstić information content (AvgIpc) is 2.92. The third-order valence-corrected chi connectivity index (χ3v) is 7.52. The highest BCUT2D eigenvalue weighted by Gasteiger charge is 2.37. The van der Waals surface area contributed by atoms with Gasteiger partial charge in [-0.05, 0) is 30.7 Å². The van der Waals surface area contributed by atoms with Crippen molar-refractivity contribution in [1.29, 1.82) is 0 Å². The van der Waals surface area contributed by atoms with E-state index in [9.17, 15) is 46.6 Å². The molecule has 4 rings (SSSR count). The summed E-state index contributed by atoms with van der Waals surface area (Å²) in [5.74, 6) is 0. The van der Waals surface area contributed by atoms with Gasteiger partial charge in [-0.3, -0.25) is 30.0 Å². The molecule has 0 N–H and O–H groups in total. The van der Waals surface area contributed by atoms with Crippen LogP contribution < -0.4 is 9.80 Å². The minimum atomic E-state index is -4.70. The number of alkyl halides is 6. The molecule has 0 atom stereocenters. The number of nitro groups is 2. The van der Waals surface area contributed by atoms with Crippen molar-refractivity contribution in [1.82, 2.24) is 9.80 Å². The van der Waals surface area contributed by atoms with E-state index in [0.29, 0.717) is 64.5 Å². The number of hydrogen-bond acceptors (Lipinski definition) is 8. The van der Waals surface area contributed by atoms with Crippen molar-refractivity contribution in [2.75, 3.05) is 62.2 Å². The molecule has 16 heteroatoms. The summed E-state index contributed by atoms with van der Waals surface area (Å²) in [6.45, 7) is 5.44. The summed E-state index contributed by atoms with van der Waals surface area (Å²) in [7, 11) is 0. The number of nitro benzene ring substituents is 2. The van der Waals surface area contributed by atoms with Gasteiger partial charge in [0, 0.05) is 64.5 Å². The lowest BCUT2D eigenvalue weighted by Gasteiger charge is -2.46. The zero-order valence-electron chi connectivity index (χ0n) is 22.0. The van der Waals surface area contributed by atoms with Crippen LogP contribution >= 0.6 is 0 Å². The van der Waals surface area contributed by atoms with Crippen LogP contribution in [0.5, 0.6) is 0 Å². The molecule has 10 nitrogen and oxygen atoms in total. The first kappa shape index (κ1) is 30.3. The highest BCUT2D eigenvalue weighted by atomic mass is 19.4. The number of nitrogens with zero attached hydrogens (tertiary/aromatic N) is 6. The molecule has 0 saturated carbocycles. The third-order valence-electron chi connectivity index (χ3n) is 7.52. The van der Waals surface area contributed by atoms with Crippen LogP contribution in [0.4, 0.5) is 49.1 Å². The van der Waals surface area contributed by atoms with Crippen molar-refractivity contribution in [3.63, 3.8) is 0 Å². The molecule has 2 aromatic rings. The quantitative estimate of drug-likeness (QED) is 0.246. The van der Waals surface area contributed by atoms with Crippen LogP contribution in [-0.2, 0) is 12.4 Å². The van der Waals surface area contributed by atoms with Crippen LogP contribution in [0.2, 0.25) is 0 Å². The Labute approximate surface area is 231 Å². The van der Waals surface area contributed by atoms with Crippen LogP contribution in [-0.4, -0.2) is 78.2 Å². The standard InChI is InChI=1S/C25H28F6N6O4/c1-2-23(34-11-7-32(8-12-34)19-5-3-17(24(26,27)28)15-21(19)36(38)39)35-13-9-33(10-14-35)20-6-4-18(25(29,30)31)16-22(20)37(40)41/h3-6,15-16,23H,2,7-14H2,1H3. The van der Waals surface area contributed by atoms with Gasteiger partial charge in [0.15, 0.2) is 0 Å². The molecular formula is C25H28F6N6O4. The summed E-state index contributed by atoms with van der Waals surface area (Å²) in [4.78, 5) is 29.2. The van der Waals surface area contributed by atoms with E-state index in [2.05, 4.69) is 9.80 Å². The van der Waals surface area contributed by atoms with Gasteiger partial charge in [0.25, 0.3) is 11.4 Å². The average molecular weight is 591 g/mol. The predicted molar refractivity (Wildman–Crippen MR) is 138 cm³/mol. The van der Waals surface area contributed by atoms with E-state index in [1.54, 1.807) is 9.80 Å². The van der Waals surface area contributed by atoms with Crippen molar-refractivity contribution in [2.45, 2.75) is 31.9 Å². The Balaban J connectivity index is 1.40. The first-order valence-electron chi connectivity index (χ1n) is 12.9. The molecule has 2 aromatic carbocycles. The van der Waals surface area contributed by atoms with Gasteiger partial charge < -0.3 is 9.80 Å². The van der Waals surface area contributed by atoms with E-state index >= 15 is 0 Å². The first-order valence-corrected chi connectivity index (χ1v) is 12.9. The Morgan fingerprint density at radius 1 is 0.683 bits per heavy atom. The van der Waals surface area contributed by atoms with E-state index in [-0.39, 0.29) is 17.5 Å². The first-order chi connectivity index (χ1) is 19.2. The Kier molecular flexibility index (Phi) is 8.63. The molecular weight excluding hydrogens is 562 g/mol. The van der Waals surface area contributed by atoms with E-state index < -0.39 is 44.7 Å². The number of benzene rings is 2. The minimum Gasteiger partial charge on any atom is -0.363 e. The number of piperazine rings is 2. The smallest absolute Gasteiger partial charge is 0.363 e. The maximum atomic E-state index is 13.1. The largest absolute Gasteiger partial charge is 0.416 e. The second-order valence-corrected chi connectivity index (χ2v) is 9.85. The summed E-state index contributed by atoms with van der Waals surface area (Å²) in [6.07, 6.45) is -8.69. The lowest BCUT2D eigenvalue weighted by Crippen LogP contribution is -2.59. The maximum Gasteiger partial charge on any atom is 0.416 e. The van der Waals surface area contributed by atoms with E-state index in [1.807, 2.05) is 6.92 Å². The summed E-state index contributed by atoms with van der Waals surface area (Å²) in [5.41, 5.74) is -3.12. The topological polar surface area (TPSA) is 99.2 Å². The van der Waals surface area contributed by atoms with Gasteiger partial charge in [-0.1, -0.05) is 6.92 Å². The normalized spacial score (nSPS) is 17.8. The Bertz CT molecular complexity index is 1180. The zero-order valence-corrected chi connectivity index (χ0v) is 22.0. The number of anilines is 2. The highest BCUT2D eigenvalue weighted by Crippen LogP contribution is 2.38. The van der Waals surface area contributed by atoms with Crippen molar-refractivity contribution in [3.8, 4) is 0 Å². The van der Waals surface area contributed by atoms with Gasteiger partial charge in [-0.25, -0.2) is 0 Å². The Morgan fingerprint density at radius 3 is 1.29 bits per heavy atom. The maximum absolute atomic E-state index is 13.1. The predicted octanol–water partition coefficient (Wildman–Crippen LogP) is 5.22. The molecule has 0 aliphatic carbocycles. The van der Waals surface area contributed by atoms with Crippen molar-refractivity contribution >= 4 is 22.7 Å². The van der Waals surface area contributed by atoms with E-state index in [1.165, 1.54) is 0 Å². The molecule has 2 heterocycles. The van der Waals surface area contributed by atoms with Crippen LogP contribution in [0, 0.1) is 20.2 Å². The third kappa shape index (κ3) is 6.64. The summed E-state index contributed by atoms with van der Waals surface area (Å²) < 4.78 is 78.4. The minimum absolute atomic E-state index is 0.0236. The van der Waals surface area contributed by atoms with Gasteiger partial charge in [0.05, 0.1) is 27.1 Å². The Hall–Kier alpha value is -3.66. The summed E-state index contributed by atoms with van der Waals surface area (Å²) in [6, 6.07) is 5.04. The van der Waals surface area contributed by atoms with Gasteiger partial charge in [-0.15, -0.1) is 0 Å². The van der Waals surface area contributed by atoms with Crippen LogP contribution in [0.25, 0.3) is 0 Å². The van der Waals surface area contributed by atoms with Gasteiger partial charge in [0.2, 0.25) is 0 Å². The van der Waals surface area contributed by atoms with E-state index in [0.717, 1.165) is 30.7 Å². The van der Waals surface area contributed by atoms with Crippen LogP contribution in [0.1, 0.15) is 24.5 Å². The number of hydrogen-bond donors (Lipinski definition) is 0. The molecule has 0 unspecified atom stereocenters. The fourth-order valence-corrected chi connectivity index (χ4v) is 5.50. The van der Waals surface area contributed by atoms with Crippen molar-refractivity contribution in [3.05, 3.63) is 67.8 Å². The van der Waals surface area contributed by atoms with E-state index in [4.69, 9.17) is 0 Å². The molecule has 41 heavy (non-hydrogen) atoms. The monoisotopic (exact) mass is 590 g/mol. The number of rotatable bonds is 7. The molecule has 2 fully saturated rings. The molecule has 0 spiro atoms. The highest BCUT2D eigenvalue weighted by molar-refractivity contribution is 5.66. The second kappa shape index (κ2) is 11.7. The SMILES string of the molecule is CCC(N1CCN(c2ccc(C(F)(F)F)cc2[N+](=O)[O-])CC1)N1CCN(c2ccc(C(F)(F)F)cc2[N+](=O)[O-])CC1. The molecule has 0 amide bonds. The molecule has 2 aliphatic heterocycles. The van der Waals surface area contributed by atoms with Gasteiger partial charge in [0.1, 0.15) is 11.4 Å². The molecule has 2 saturated heterocycles. The summed E-state index contributed by atoms with van der Waals surface area (Å²) >= 11 is 0. The number of halogens is 6. The lowest BCUT2D eigenvalue weighted by molar-refractivity contribution is -0.384. The fraction of sp³-hybridized carbons (Fsp3) is 0.520. The Morgan fingerprint density at radius 2 is 1.02 bits per heavy atom. The van der Waals surface area contributed by atoms with Crippen molar-refractivity contribution in [2.24, 2.45) is 0 Å². The summed E-state index contributed by atoms with van der Waals surface area (Å²) in [5, 5.41) is 23.0. The van der Waals surface area contributed by atoms with Gasteiger partial charge >= 0.3 is 12.4 Å². The van der Waals surface area contributed by atoms with Gasteiger partial charge in [-0.2, -0.15) is 26.3 Å². The molecule has 0 radical (unpaired) electrons. The molecule has 224 valence electrons. The van der Waals surface area contributed by atoms with Crippen LogP contribution in [0.3, 0.4) is 0 Å². The molecule has 0 aromatic heterocycles. The van der Waals surface area contributed by atoms with Crippen LogP contribution in [0.15, 0.2) is 36.4 Å². The molecule has 0 bridgehead atoms. The van der Waals surface area contributed by atoms with Crippen molar-refractivity contribution < 1.29 is 36.2 Å². The molecule has 2 aliphatic rings.